The van der Waals surface area contributed by atoms with Gasteiger partial charge in [0.15, 0.2) is 0 Å². The highest BCUT2D eigenvalue weighted by atomic mass is 16.5. The molecule has 0 radical (unpaired) electrons. The Morgan fingerprint density at radius 3 is 2.79 bits per heavy atom. The van der Waals surface area contributed by atoms with Crippen LogP contribution < -0.4 is 15.0 Å². The van der Waals surface area contributed by atoms with E-state index < -0.39 is 0 Å². The molecule has 2 heterocycles. The Balaban J connectivity index is 1.45. The van der Waals surface area contributed by atoms with Crippen LogP contribution in [0.2, 0.25) is 0 Å². The van der Waals surface area contributed by atoms with E-state index in [9.17, 15) is 4.79 Å². The number of rotatable bonds is 4. The van der Waals surface area contributed by atoms with Gasteiger partial charge in [-0.2, -0.15) is 0 Å². The number of hydrogen-bond acceptors (Lipinski definition) is 3. The van der Waals surface area contributed by atoms with Gasteiger partial charge in [-0.3, -0.25) is 0 Å². The SMILES string of the molecule is COc1cccc(N2CCC(CNC(=O)N3CCC(C)CC3)C2)c1. The molecule has 2 saturated heterocycles. The van der Waals surface area contributed by atoms with Crippen molar-refractivity contribution in [1.29, 1.82) is 0 Å². The van der Waals surface area contributed by atoms with Crippen LogP contribution in [-0.4, -0.2) is 50.8 Å². The first-order valence-electron chi connectivity index (χ1n) is 9.07. The minimum Gasteiger partial charge on any atom is -0.497 e. The standard InChI is InChI=1S/C19H29N3O2/c1-15-6-9-21(10-7-15)19(23)20-13-16-8-11-22(14-16)17-4-3-5-18(12-17)24-2/h3-5,12,15-16H,6-11,13-14H2,1-2H3,(H,20,23). The topological polar surface area (TPSA) is 44.8 Å². The Morgan fingerprint density at radius 2 is 2.04 bits per heavy atom. The van der Waals surface area contributed by atoms with E-state index in [4.69, 9.17) is 4.74 Å². The summed E-state index contributed by atoms with van der Waals surface area (Å²) in [7, 11) is 1.70. The molecule has 132 valence electrons. The third kappa shape index (κ3) is 4.13. The molecule has 1 atom stereocenters. The Labute approximate surface area is 145 Å². The van der Waals surface area contributed by atoms with Crippen LogP contribution in [0.3, 0.4) is 0 Å². The number of likely N-dealkylation sites (tertiary alicyclic amines) is 1. The van der Waals surface area contributed by atoms with Crippen LogP contribution in [0.5, 0.6) is 5.75 Å². The van der Waals surface area contributed by atoms with Gasteiger partial charge < -0.3 is 19.9 Å². The van der Waals surface area contributed by atoms with Gasteiger partial charge in [-0.1, -0.05) is 13.0 Å². The zero-order chi connectivity index (χ0) is 16.9. The number of benzene rings is 1. The minimum atomic E-state index is 0.113. The normalized spacial score (nSPS) is 21.8. The fraction of sp³-hybridized carbons (Fsp3) is 0.632. The van der Waals surface area contributed by atoms with E-state index >= 15 is 0 Å². The first kappa shape index (κ1) is 16.9. The summed E-state index contributed by atoms with van der Waals surface area (Å²) in [6.45, 7) is 6.85. The molecular formula is C19H29N3O2. The highest BCUT2D eigenvalue weighted by Crippen LogP contribution is 2.26. The van der Waals surface area contributed by atoms with Gasteiger partial charge in [-0.15, -0.1) is 0 Å². The van der Waals surface area contributed by atoms with E-state index in [2.05, 4.69) is 29.3 Å². The third-order valence-electron chi connectivity index (χ3n) is 5.32. The molecule has 0 aromatic heterocycles. The average Bonchev–Trinajstić information content (AvgIpc) is 3.09. The molecule has 2 aliphatic rings. The van der Waals surface area contributed by atoms with Crippen molar-refractivity contribution in [1.82, 2.24) is 10.2 Å². The molecule has 0 saturated carbocycles. The molecule has 1 unspecified atom stereocenters. The van der Waals surface area contributed by atoms with Gasteiger partial charge >= 0.3 is 6.03 Å². The lowest BCUT2D eigenvalue weighted by atomic mass is 10.00. The van der Waals surface area contributed by atoms with Crippen molar-refractivity contribution in [2.24, 2.45) is 11.8 Å². The van der Waals surface area contributed by atoms with Crippen LogP contribution in [-0.2, 0) is 0 Å². The maximum absolute atomic E-state index is 12.3. The van der Waals surface area contributed by atoms with Gasteiger partial charge in [0.05, 0.1) is 7.11 Å². The average molecular weight is 331 g/mol. The van der Waals surface area contributed by atoms with E-state index in [1.54, 1.807) is 7.11 Å². The molecule has 0 aliphatic carbocycles. The van der Waals surface area contributed by atoms with E-state index in [1.807, 2.05) is 17.0 Å². The van der Waals surface area contributed by atoms with Crippen molar-refractivity contribution >= 4 is 11.7 Å². The molecule has 5 heteroatoms. The first-order chi connectivity index (χ1) is 11.7. The second kappa shape index (κ2) is 7.77. The van der Waals surface area contributed by atoms with Crippen LogP contribution in [0.25, 0.3) is 0 Å². The summed E-state index contributed by atoms with van der Waals surface area (Å²) in [5.74, 6) is 2.16. The second-order valence-corrected chi connectivity index (χ2v) is 7.16. The molecule has 1 aromatic carbocycles. The Morgan fingerprint density at radius 1 is 1.25 bits per heavy atom. The number of carbonyl (C=O) groups is 1. The molecular weight excluding hydrogens is 302 g/mol. The summed E-state index contributed by atoms with van der Waals surface area (Å²) >= 11 is 0. The number of ether oxygens (including phenoxy) is 1. The van der Waals surface area contributed by atoms with Crippen molar-refractivity contribution in [3.63, 3.8) is 0 Å². The lowest BCUT2D eigenvalue weighted by Gasteiger charge is -2.30. The molecule has 24 heavy (non-hydrogen) atoms. The monoisotopic (exact) mass is 331 g/mol. The Kier molecular flexibility index (Phi) is 5.48. The van der Waals surface area contributed by atoms with E-state index in [1.165, 1.54) is 5.69 Å². The highest BCUT2D eigenvalue weighted by molar-refractivity contribution is 5.74. The molecule has 2 amide bonds. The number of hydrogen-bond donors (Lipinski definition) is 1. The number of urea groups is 1. The molecule has 1 aromatic rings. The van der Waals surface area contributed by atoms with Crippen LogP contribution in [0, 0.1) is 11.8 Å². The molecule has 1 N–H and O–H groups in total. The summed E-state index contributed by atoms with van der Waals surface area (Å²) in [6.07, 6.45) is 3.37. The van der Waals surface area contributed by atoms with Crippen molar-refractivity contribution in [3.05, 3.63) is 24.3 Å². The highest BCUT2D eigenvalue weighted by Gasteiger charge is 2.25. The van der Waals surface area contributed by atoms with Crippen LogP contribution in [0.15, 0.2) is 24.3 Å². The summed E-state index contributed by atoms with van der Waals surface area (Å²) in [5.41, 5.74) is 1.20. The molecule has 5 nitrogen and oxygen atoms in total. The number of piperidine rings is 1. The number of amides is 2. The van der Waals surface area contributed by atoms with Crippen molar-refractivity contribution in [2.75, 3.05) is 44.7 Å². The fourth-order valence-corrected chi connectivity index (χ4v) is 3.60. The van der Waals surface area contributed by atoms with E-state index in [-0.39, 0.29) is 6.03 Å². The first-order valence-corrected chi connectivity index (χ1v) is 9.07. The Hall–Kier alpha value is -1.91. The second-order valence-electron chi connectivity index (χ2n) is 7.16. The summed E-state index contributed by atoms with van der Waals surface area (Å²) in [6, 6.07) is 8.31. The largest absolute Gasteiger partial charge is 0.497 e. The van der Waals surface area contributed by atoms with Gasteiger partial charge in [0.25, 0.3) is 0 Å². The lowest BCUT2D eigenvalue weighted by Crippen LogP contribution is -2.45. The summed E-state index contributed by atoms with van der Waals surface area (Å²) in [4.78, 5) is 16.6. The maximum atomic E-state index is 12.3. The summed E-state index contributed by atoms with van der Waals surface area (Å²) in [5, 5.41) is 3.14. The van der Waals surface area contributed by atoms with Gasteiger partial charge in [0.2, 0.25) is 0 Å². The third-order valence-corrected chi connectivity index (χ3v) is 5.32. The van der Waals surface area contributed by atoms with Gasteiger partial charge in [-0.25, -0.2) is 4.79 Å². The number of carbonyl (C=O) groups excluding carboxylic acids is 1. The Bertz CT molecular complexity index is 555. The van der Waals surface area contributed by atoms with Gasteiger partial charge in [-0.05, 0) is 43.2 Å². The molecule has 0 bridgehead atoms. The number of methoxy groups -OCH3 is 1. The van der Waals surface area contributed by atoms with Crippen LogP contribution in [0.1, 0.15) is 26.2 Å². The molecule has 2 aliphatic heterocycles. The summed E-state index contributed by atoms with van der Waals surface area (Å²) < 4.78 is 5.31. The van der Waals surface area contributed by atoms with Gasteiger partial charge in [0, 0.05) is 44.5 Å². The van der Waals surface area contributed by atoms with Gasteiger partial charge in [0.1, 0.15) is 5.75 Å². The predicted molar refractivity (Wildman–Crippen MR) is 96.7 cm³/mol. The molecule has 3 rings (SSSR count). The van der Waals surface area contributed by atoms with Crippen molar-refractivity contribution in [2.45, 2.75) is 26.2 Å². The zero-order valence-corrected chi connectivity index (χ0v) is 14.8. The number of anilines is 1. The lowest BCUT2D eigenvalue weighted by molar-refractivity contribution is 0.173. The molecule has 0 spiro atoms. The van der Waals surface area contributed by atoms with Crippen molar-refractivity contribution in [3.8, 4) is 5.75 Å². The minimum absolute atomic E-state index is 0.113. The van der Waals surface area contributed by atoms with Crippen LogP contribution >= 0.6 is 0 Å². The van der Waals surface area contributed by atoms with E-state index in [0.717, 1.165) is 63.7 Å². The maximum Gasteiger partial charge on any atom is 0.317 e. The quantitative estimate of drug-likeness (QED) is 0.922. The number of nitrogens with one attached hydrogen (secondary N) is 1. The van der Waals surface area contributed by atoms with Crippen molar-refractivity contribution < 1.29 is 9.53 Å². The number of nitrogens with zero attached hydrogens (tertiary/aromatic N) is 2. The predicted octanol–water partition coefficient (Wildman–Crippen LogP) is 2.96. The molecule has 2 fully saturated rings. The van der Waals surface area contributed by atoms with Crippen LogP contribution in [0.4, 0.5) is 10.5 Å². The smallest absolute Gasteiger partial charge is 0.317 e. The fourth-order valence-electron chi connectivity index (χ4n) is 3.60. The van der Waals surface area contributed by atoms with E-state index in [0.29, 0.717) is 5.92 Å². The zero-order valence-electron chi connectivity index (χ0n) is 14.8.